The van der Waals surface area contributed by atoms with Crippen LogP contribution in [0.4, 0.5) is 4.39 Å². The van der Waals surface area contributed by atoms with Gasteiger partial charge in [-0.2, -0.15) is 0 Å². The van der Waals surface area contributed by atoms with E-state index in [1.165, 1.54) is 14.2 Å². The Morgan fingerprint density at radius 3 is 2.54 bits per heavy atom. The molecule has 1 aliphatic rings. The van der Waals surface area contributed by atoms with E-state index in [1.807, 2.05) is 0 Å². The average molecular weight is 190 g/mol. The lowest BCUT2D eigenvalue weighted by molar-refractivity contribution is -0.183. The van der Waals surface area contributed by atoms with E-state index in [0.29, 0.717) is 13.1 Å². The van der Waals surface area contributed by atoms with Crippen LogP contribution < -0.4 is 5.32 Å². The lowest BCUT2D eigenvalue weighted by Gasteiger charge is -2.31. The number of piperidine rings is 1. The summed E-state index contributed by atoms with van der Waals surface area (Å²) in [5.41, 5.74) is -1.74. The Bertz CT molecular complexity index is 193. The summed E-state index contributed by atoms with van der Waals surface area (Å²) in [5, 5.41) is 3.95. The molecule has 76 valence electrons. The van der Waals surface area contributed by atoms with Crippen molar-refractivity contribution in [3.8, 4) is 0 Å². The van der Waals surface area contributed by atoms with Gasteiger partial charge in [-0.05, 0) is 13.1 Å². The van der Waals surface area contributed by atoms with Gasteiger partial charge in [0.1, 0.15) is 0 Å². The van der Waals surface area contributed by atoms with Crippen molar-refractivity contribution in [2.45, 2.75) is 18.5 Å². The quantitative estimate of drug-likeness (QED) is 0.628. The van der Waals surface area contributed by atoms with Crippen molar-refractivity contribution in [3.05, 3.63) is 0 Å². The van der Waals surface area contributed by atoms with Crippen LogP contribution in [0.2, 0.25) is 0 Å². The molecule has 1 fully saturated rings. The molecule has 5 heteroatoms. The number of amides is 1. The molecule has 0 aromatic heterocycles. The normalized spacial score (nSPS) is 21.2. The first kappa shape index (κ1) is 10.4. The summed E-state index contributed by atoms with van der Waals surface area (Å²) in [5.74, 6) is -0.587. The molecule has 0 bridgehead atoms. The second-order valence-electron chi connectivity index (χ2n) is 3.20. The molecule has 0 radical (unpaired) electrons. The van der Waals surface area contributed by atoms with Gasteiger partial charge in [0.05, 0.1) is 7.11 Å². The average Bonchev–Trinajstić information content (AvgIpc) is 2.16. The smallest absolute Gasteiger partial charge is 0.283 e. The standard InChI is InChI=1S/C8H15FN2O2/c1-11(13-2)7(12)8(9)3-5-10-6-4-8/h10H,3-6H2,1-2H3. The Balaban J connectivity index is 2.61. The summed E-state index contributed by atoms with van der Waals surface area (Å²) < 4.78 is 13.9. The van der Waals surface area contributed by atoms with Gasteiger partial charge in [-0.3, -0.25) is 9.63 Å². The summed E-state index contributed by atoms with van der Waals surface area (Å²) in [7, 11) is 2.77. The van der Waals surface area contributed by atoms with Crippen molar-refractivity contribution in [2.24, 2.45) is 0 Å². The van der Waals surface area contributed by atoms with Gasteiger partial charge in [-0.15, -0.1) is 0 Å². The number of nitrogens with one attached hydrogen (secondary N) is 1. The fourth-order valence-electron chi connectivity index (χ4n) is 1.40. The van der Waals surface area contributed by atoms with Crippen LogP contribution in [0, 0.1) is 0 Å². The van der Waals surface area contributed by atoms with E-state index in [0.717, 1.165) is 5.06 Å². The molecule has 1 saturated heterocycles. The summed E-state index contributed by atoms with van der Waals surface area (Å²) in [6.45, 7) is 1.08. The van der Waals surface area contributed by atoms with E-state index < -0.39 is 11.6 Å². The Kier molecular flexibility index (Phi) is 3.22. The van der Waals surface area contributed by atoms with Crippen LogP contribution in [0.5, 0.6) is 0 Å². The van der Waals surface area contributed by atoms with E-state index in [1.54, 1.807) is 0 Å². The van der Waals surface area contributed by atoms with Gasteiger partial charge in [0.15, 0.2) is 5.67 Å². The maximum Gasteiger partial charge on any atom is 0.283 e. The zero-order valence-electron chi connectivity index (χ0n) is 7.97. The predicted molar refractivity (Wildman–Crippen MR) is 45.7 cm³/mol. The highest BCUT2D eigenvalue weighted by atomic mass is 19.1. The summed E-state index contributed by atoms with van der Waals surface area (Å²) >= 11 is 0. The number of alkyl halides is 1. The molecule has 0 saturated carbocycles. The highest BCUT2D eigenvalue weighted by molar-refractivity contribution is 5.84. The van der Waals surface area contributed by atoms with E-state index >= 15 is 0 Å². The van der Waals surface area contributed by atoms with Crippen LogP contribution >= 0.6 is 0 Å². The molecule has 1 rings (SSSR count). The molecule has 1 heterocycles. The molecule has 0 aliphatic carbocycles. The van der Waals surface area contributed by atoms with E-state index in [2.05, 4.69) is 10.2 Å². The number of rotatable bonds is 2. The monoisotopic (exact) mass is 190 g/mol. The Labute approximate surface area is 77.0 Å². The molecule has 0 spiro atoms. The number of nitrogens with zero attached hydrogens (tertiary/aromatic N) is 1. The summed E-state index contributed by atoms with van der Waals surface area (Å²) in [4.78, 5) is 16.1. The fraction of sp³-hybridized carbons (Fsp3) is 0.875. The van der Waals surface area contributed by atoms with Crippen LogP contribution in [0.3, 0.4) is 0 Å². The molecule has 1 N–H and O–H groups in total. The van der Waals surface area contributed by atoms with Crippen molar-refractivity contribution in [3.63, 3.8) is 0 Å². The number of halogens is 1. The molecule has 1 amide bonds. The zero-order valence-corrected chi connectivity index (χ0v) is 7.97. The van der Waals surface area contributed by atoms with Gasteiger partial charge in [0.25, 0.3) is 5.91 Å². The van der Waals surface area contributed by atoms with Crippen LogP contribution in [-0.4, -0.2) is 43.9 Å². The van der Waals surface area contributed by atoms with E-state index in [9.17, 15) is 9.18 Å². The molecule has 0 aromatic rings. The van der Waals surface area contributed by atoms with Crippen LogP contribution in [0.25, 0.3) is 0 Å². The van der Waals surface area contributed by atoms with Gasteiger partial charge >= 0.3 is 0 Å². The highest BCUT2D eigenvalue weighted by Gasteiger charge is 2.41. The van der Waals surface area contributed by atoms with E-state index in [-0.39, 0.29) is 12.8 Å². The van der Waals surface area contributed by atoms with Crippen LogP contribution in [-0.2, 0) is 9.63 Å². The highest BCUT2D eigenvalue weighted by Crippen LogP contribution is 2.25. The SMILES string of the molecule is CON(C)C(=O)C1(F)CCNCC1. The Hall–Kier alpha value is -0.680. The number of hydroxylamine groups is 2. The number of hydrogen-bond donors (Lipinski definition) is 1. The third-order valence-corrected chi connectivity index (χ3v) is 2.34. The van der Waals surface area contributed by atoms with Gasteiger partial charge in [0.2, 0.25) is 0 Å². The molecule has 13 heavy (non-hydrogen) atoms. The number of carbonyl (C=O) groups is 1. The molecule has 0 aromatic carbocycles. The lowest BCUT2D eigenvalue weighted by atomic mass is 9.93. The van der Waals surface area contributed by atoms with Gasteiger partial charge in [0, 0.05) is 19.9 Å². The minimum Gasteiger partial charge on any atom is -0.316 e. The van der Waals surface area contributed by atoms with Gasteiger partial charge in [-0.25, -0.2) is 9.45 Å². The predicted octanol–water partition coefficient (Wildman–Crippen LogP) is 0.0979. The van der Waals surface area contributed by atoms with Crippen molar-refractivity contribution in [1.82, 2.24) is 10.4 Å². The van der Waals surface area contributed by atoms with Gasteiger partial charge in [-0.1, -0.05) is 0 Å². The Morgan fingerprint density at radius 1 is 1.54 bits per heavy atom. The van der Waals surface area contributed by atoms with Crippen LogP contribution in [0.1, 0.15) is 12.8 Å². The second kappa shape index (κ2) is 4.02. The van der Waals surface area contributed by atoms with Crippen molar-refractivity contribution in [2.75, 3.05) is 27.2 Å². The second-order valence-corrected chi connectivity index (χ2v) is 3.20. The maximum absolute atomic E-state index is 13.9. The first-order chi connectivity index (χ1) is 6.10. The fourth-order valence-corrected chi connectivity index (χ4v) is 1.40. The largest absolute Gasteiger partial charge is 0.316 e. The third-order valence-electron chi connectivity index (χ3n) is 2.34. The Morgan fingerprint density at radius 2 is 2.08 bits per heavy atom. The maximum atomic E-state index is 13.9. The molecule has 4 nitrogen and oxygen atoms in total. The van der Waals surface area contributed by atoms with Crippen LogP contribution in [0.15, 0.2) is 0 Å². The number of carbonyl (C=O) groups excluding carboxylic acids is 1. The van der Waals surface area contributed by atoms with Gasteiger partial charge < -0.3 is 5.32 Å². The topological polar surface area (TPSA) is 41.6 Å². The summed E-state index contributed by atoms with van der Waals surface area (Å²) in [6, 6.07) is 0. The molecular weight excluding hydrogens is 175 g/mol. The lowest BCUT2D eigenvalue weighted by Crippen LogP contribution is -2.50. The molecule has 0 unspecified atom stereocenters. The zero-order chi connectivity index (χ0) is 9.90. The first-order valence-corrected chi connectivity index (χ1v) is 4.32. The van der Waals surface area contributed by atoms with Crippen molar-refractivity contribution < 1.29 is 14.0 Å². The molecule has 1 aliphatic heterocycles. The number of hydrogen-bond acceptors (Lipinski definition) is 3. The van der Waals surface area contributed by atoms with Crippen molar-refractivity contribution >= 4 is 5.91 Å². The summed E-state index contributed by atoms with van der Waals surface area (Å²) in [6.07, 6.45) is 0.444. The molecule has 0 atom stereocenters. The van der Waals surface area contributed by atoms with Crippen molar-refractivity contribution in [1.29, 1.82) is 0 Å². The minimum atomic E-state index is -1.74. The first-order valence-electron chi connectivity index (χ1n) is 4.32. The minimum absolute atomic E-state index is 0.222. The third kappa shape index (κ3) is 2.16. The molecular formula is C8H15FN2O2. The van der Waals surface area contributed by atoms with E-state index in [4.69, 9.17) is 0 Å².